The molecule has 6 nitrogen and oxygen atoms in total. The van der Waals surface area contributed by atoms with Gasteiger partial charge in [0.05, 0.1) is 5.69 Å². The van der Waals surface area contributed by atoms with E-state index in [1.54, 1.807) is 6.07 Å². The predicted molar refractivity (Wildman–Crippen MR) is 86.1 cm³/mol. The van der Waals surface area contributed by atoms with Crippen molar-refractivity contribution in [3.05, 3.63) is 24.3 Å². The van der Waals surface area contributed by atoms with Crippen LogP contribution in [0.5, 0.6) is 5.75 Å². The highest BCUT2D eigenvalue weighted by atomic mass is 19.4. The lowest BCUT2D eigenvalue weighted by Crippen LogP contribution is -2.28. The Morgan fingerprint density at radius 3 is 2.76 bits per heavy atom. The quantitative estimate of drug-likeness (QED) is 0.627. The fourth-order valence-corrected chi connectivity index (χ4v) is 2.86. The SMILES string of the molecule is NC(=NCC1CC(=O)N(C2CC2)C1)Nc1ccccc1OC(F)(F)F. The van der Waals surface area contributed by atoms with Gasteiger partial charge in [-0.15, -0.1) is 13.2 Å². The number of ether oxygens (including phenoxy) is 1. The van der Waals surface area contributed by atoms with Crippen LogP contribution in [-0.4, -0.2) is 42.3 Å². The molecule has 0 bridgehead atoms. The lowest BCUT2D eigenvalue weighted by atomic mass is 10.1. The highest BCUT2D eigenvalue weighted by Gasteiger charge is 2.39. The van der Waals surface area contributed by atoms with Gasteiger partial charge < -0.3 is 20.7 Å². The number of hydrogen-bond donors (Lipinski definition) is 2. The molecule has 9 heteroatoms. The minimum atomic E-state index is -4.79. The van der Waals surface area contributed by atoms with Crippen LogP contribution in [0.15, 0.2) is 29.3 Å². The van der Waals surface area contributed by atoms with Crippen LogP contribution in [0.25, 0.3) is 0 Å². The third-order valence-corrected chi connectivity index (χ3v) is 4.12. The molecule has 3 rings (SSSR count). The topological polar surface area (TPSA) is 80.0 Å². The summed E-state index contributed by atoms with van der Waals surface area (Å²) < 4.78 is 41.2. The van der Waals surface area contributed by atoms with Gasteiger partial charge in [0.15, 0.2) is 11.7 Å². The van der Waals surface area contributed by atoms with Gasteiger partial charge in [0, 0.05) is 31.5 Å². The van der Waals surface area contributed by atoms with Crippen molar-refractivity contribution in [2.75, 3.05) is 18.4 Å². The number of nitrogens with two attached hydrogens (primary N) is 1. The Bertz CT molecular complexity index is 674. The summed E-state index contributed by atoms with van der Waals surface area (Å²) in [6.45, 7) is 1.00. The molecular formula is C16H19F3N4O2. The number of alkyl halides is 3. The zero-order valence-corrected chi connectivity index (χ0v) is 13.4. The van der Waals surface area contributed by atoms with E-state index in [1.807, 2.05) is 4.90 Å². The van der Waals surface area contributed by atoms with Crippen molar-refractivity contribution in [2.45, 2.75) is 31.7 Å². The largest absolute Gasteiger partial charge is 0.573 e. The van der Waals surface area contributed by atoms with Crippen LogP contribution >= 0.6 is 0 Å². The van der Waals surface area contributed by atoms with E-state index in [0.717, 1.165) is 12.8 Å². The summed E-state index contributed by atoms with van der Waals surface area (Å²) >= 11 is 0. The second kappa shape index (κ2) is 6.81. The molecule has 3 N–H and O–H groups in total. The Balaban J connectivity index is 1.58. The fraction of sp³-hybridized carbons (Fsp3) is 0.500. The van der Waals surface area contributed by atoms with Gasteiger partial charge in [-0.1, -0.05) is 12.1 Å². The number of carbonyl (C=O) groups is 1. The molecule has 1 aromatic carbocycles. The summed E-state index contributed by atoms with van der Waals surface area (Å²) in [4.78, 5) is 17.9. The van der Waals surface area contributed by atoms with Crippen molar-refractivity contribution in [1.29, 1.82) is 0 Å². The van der Waals surface area contributed by atoms with Crippen molar-refractivity contribution >= 4 is 17.6 Å². The molecule has 1 unspecified atom stereocenters. The summed E-state index contributed by atoms with van der Waals surface area (Å²) in [6.07, 6.45) is -2.25. The number of benzene rings is 1. The third-order valence-electron chi connectivity index (χ3n) is 4.12. The summed E-state index contributed by atoms with van der Waals surface area (Å²) in [6, 6.07) is 5.96. The number of anilines is 1. The number of nitrogens with one attached hydrogen (secondary N) is 1. The average molecular weight is 356 g/mol. The Hall–Kier alpha value is -2.45. The number of carbonyl (C=O) groups excluding carboxylic acids is 1. The zero-order chi connectivity index (χ0) is 18.0. The van der Waals surface area contributed by atoms with E-state index in [9.17, 15) is 18.0 Å². The number of nitrogens with zero attached hydrogens (tertiary/aromatic N) is 2. The van der Waals surface area contributed by atoms with Crippen LogP contribution in [0.3, 0.4) is 0 Å². The van der Waals surface area contributed by atoms with Crippen LogP contribution < -0.4 is 15.8 Å². The van der Waals surface area contributed by atoms with Gasteiger partial charge >= 0.3 is 6.36 Å². The molecule has 1 atom stereocenters. The first kappa shape index (κ1) is 17.4. The van der Waals surface area contributed by atoms with Gasteiger partial charge in [0.2, 0.25) is 5.91 Å². The maximum Gasteiger partial charge on any atom is 0.573 e. The molecule has 2 fully saturated rings. The molecule has 1 saturated carbocycles. The normalized spacial score (nSPS) is 21.6. The molecule has 1 aliphatic heterocycles. The van der Waals surface area contributed by atoms with Gasteiger partial charge in [0.25, 0.3) is 0 Å². The smallest absolute Gasteiger partial charge is 0.404 e. The molecule has 1 heterocycles. The number of aliphatic imine (C=N–C) groups is 1. The summed E-state index contributed by atoms with van der Waals surface area (Å²) in [5.41, 5.74) is 5.83. The molecule has 1 aliphatic carbocycles. The first-order valence-electron chi connectivity index (χ1n) is 8.03. The maximum atomic E-state index is 12.4. The minimum absolute atomic E-state index is 0.0180. The van der Waals surface area contributed by atoms with Crippen LogP contribution in [0, 0.1) is 5.92 Å². The molecule has 1 saturated heterocycles. The van der Waals surface area contributed by atoms with E-state index in [-0.39, 0.29) is 29.2 Å². The van der Waals surface area contributed by atoms with Crippen LogP contribution in [0.4, 0.5) is 18.9 Å². The van der Waals surface area contributed by atoms with E-state index in [2.05, 4.69) is 15.0 Å². The lowest BCUT2D eigenvalue weighted by Gasteiger charge is -2.15. The second-order valence-corrected chi connectivity index (χ2v) is 6.24. The standard InChI is InChI=1S/C16H19F3N4O2/c17-16(18,19)25-13-4-2-1-3-12(13)22-15(20)21-8-10-7-14(24)23(9-10)11-5-6-11/h1-4,10-11H,5-9H2,(H3,20,21,22). The number of rotatable bonds is 5. The van der Waals surface area contributed by atoms with Gasteiger partial charge in [-0.3, -0.25) is 9.79 Å². The van der Waals surface area contributed by atoms with E-state index < -0.39 is 6.36 Å². The summed E-state index contributed by atoms with van der Waals surface area (Å²) in [5.74, 6) is -0.187. The van der Waals surface area contributed by atoms with Crippen LogP contribution in [-0.2, 0) is 4.79 Å². The number of amides is 1. The Kier molecular flexibility index (Phi) is 4.73. The molecule has 0 spiro atoms. The highest BCUT2D eigenvalue weighted by molar-refractivity contribution is 5.93. The minimum Gasteiger partial charge on any atom is -0.404 e. The van der Waals surface area contributed by atoms with E-state index in [4.69, 9.17) is 5.73 Å². The lowest BCUT2D eigenvalue weighted by molar-refractivity contribution is -0.274. The first-order valence-corrected chi connectivity index (χ1v) is 8.03. The summed E-state index contributed by atoms with van der Waals surface area (Å²) in [7, 11) is 0. The maximum absolute atomic E-state index is 12.4. The summed E-state index contributed by atoms with van der Waals surface area (Å²) in [5, 5.41) is 2.62. The third kappa shape index (κ3) is 4.77. The number of hydrogen-bond acceptors (Lipinski definition) is 3. The van der Waals surface area contributed by atoms with Crippen LogP contribution in [0.2, 0.25) is 0 Å². The molecule has 1 aromatic rings. The molecule has 2 aliphatic rings. The molecule has 25 heavy (non-hydrogen) atoms. The molecular weight excluding hydrogens is 337 g/mol. The number of halogens is 3. The molecule has 0 radical (unpaired) electrons. The van der Waals surface area contributed by atoms with Crippen LogP contribution in [0.1, 0.15) is 19.3 Å². The van der Waals surface area contributed by atoms with Gasteiger partial charge in [-0.05, 0) is 25.0 Å². The van der Waals surface area contributed by atoms with Crippen molar-refractivity contribution in [3.63, 3.8) is 0 Å². The van der Waals surface area contributed by atoms with Crippen molar-refractivity contribution in [3.8, 4) is 5.75 Å². The average Bonchev–Trinajstić information content (AvgIpc) is 3.29. The fourth-order valence-electron chi connectivity index (χ4n) is 2.86. The Morgan fingerprint density at radius 1 is 1.36 bits per heavy atom. The molecule has 136 valence electrons. The van der Waals surface area contributed by atoms with E-state index in [0.29, 0.717) is 25.6 Å². The number of guanidine groups is 1. The molecule has 1 amide bonds. The predicted octanol–water partition coefficient (Wildman–Crippen LogP) is 2.32. The van der Waals surface area contributed by atoms with E-state index >= 15 is 0 Å². The Morgan fingerprint density at radius 2 is 2.08 bits per heavy atom. The first-order chi connectivity index (χ1) is 11.8. The monoisotopic (exact) mass is 356 g/mol. The molecule has 0 aromatic heterocycles. The van der Waals surface area contributed by atoms with Crippen molar-refractivity contribution < 1.29 is 22.7 Å². The van der Waals surface area contributed by atoms with Gasteiger partial charge in [-0.25, -0.2) is 0 Å². The number of likely N-dealkylation sites (tertiary alicyclic amines) is 1. The van der Waals surface area contributed by atoms with Gasteiger partial charge in [-0.2, -0.15) is 0 Å². The second-order valence-electron chi connectivity index (χ2n) is 6.24. The van der Waals surface area contributed by atoms with Crippen molar-refractivity contribution in [1.82, 2.24) is 4.90 Å². The number of para-hydroxylation sites is 2. The highest BCUT2D eigenvalue weighted by Crippen LogP contribution is 2.33. The van der Waals surface area contributed by atoms with Gasteiger partial charge in [0.1, 0.15) is 0 Å². The zero-order valence-electron chi connectivity index (χ0n) is 13.4. The van der Waals surface area contributed by atoms with E-state index in [1.165, 1.54) is 18.2 Å². The Labute approximate surface area is 142 Å². The van der Waals surface area contributed by atoms with Crippen molar-refractivity contribution in [2.24, 2.45) is 16.6 Å².